The third kappa shape index (κ3) is 4.13. The van der Waals surface area contributed by atoms with Gasteiger partial charge in [0.15, 0.2) is 6.10 Å². The summed E-state index contributed by atoms with van der Waals surface area (Å²) in [6.07, 6.45) is -1.06. The van der Waals surface area contributed by atoms with Gasteiger partial charge in [-0.1, -0.05) is 36.4 Å². The molecular weight excluding hydrogens is 420 g/mol. The number of anilines is 2. The average Bonchev–Trinajstić information content (AvgIpc) is 3.06. The van der Waals surface area contributed by atoms with Crippen molar-refractivity contribution in [1.82, 2.24) is 0 Å². The molecule has 7 nitrogen and oxygen atoms in total. The van der Waals surface area contributed by atoms with Crippen molar-refractivity contribution in [3.8, 4) is 0 Å². The molecule has 7 heteroatoms. The van der Waals surface area contributed by atoms with Crippen LogP contribution in [0, 0.1) is 13.8 Å². The summed E-state index contributed by atoms with van der Waals surface area (Å²) in [5.41, 5.74) is 3.47. The zero-order valence-electron chi connectivity index (χ0n) is 18.4. The van der Waals surface area contributed by atoms with Crippen molar-refractivity contribution in [2.45, 2.75) is 26.9 Å². The van der Waals surface area contributed by atoms with Crippen molar-refractivity contribution >= 4 is 35.1 Å². The lowest BCUT2D eigenvalue weighted by Gasteiger charge is -2.17. The largest absolute Gasteiger partial charge is 0.449 e. The van der Waals surface area contributed by atoms with E-state index in [1.165, 1.54) is 19.1 Å². The molecule has 3 amide bonds. The maximum absolute atomic E-state index is 12.7. The van der Waals surface area contributed by atoms with Crippen LogP contribution in [0.1, 0.15) is 49.1 Å². The Morgan fingerprint density at radius 3 is 2.03 bits per heavy atom. The molecule has 3 aromatic rings. The standard InChI is InChI=1S/C26H22N2O5/c1-15-8-6-9-16(2)22(15)27-23(29)17(3)33-26(32)18-10-7-11-19(14-18)28-24(30)20-12-4-5-13-21(20)25(28)31/h4-14,17H,1-3H3,(H,27,29). The Kier molecular flexibility index (Phi) is 5.79. The normalized spacial score (nSPS) is 13.5. The molecule has 0 spiro atoms. The summed E-state index contributed by atoms with van der Waals surface area (Å²) in [6, 6.07) is 18.2. The third-order valence-corrected chi connectivity index (χ3v) is 5.52. The molecule has 0 bridgehead atoms. The van der Waals surface area contributed by atoms with Crippen LogP contribution in [0.15, 0.2) is 66.7 Å². The Bertz CT molecular complexity index is 1240. The quantitative estimate of drug-likeness (QED) is 0.470. The highest BCUT2D eigenvalue weighted by molar-refractivity contribution is 6.34. The number of nitrogens with zero attached hydrogens (tertiary/aromatic N) is 1. The Labute approximate surface area is 191 Å². The van der Waals surface area contributed by atoms with Gasteiger partial charge in [0.1, 0.15) is 0 Å². The van der Waals surface area contributed by atoms with E-state index >= 15 is 0 Å². The number of ether oxygens (including phenoxy) is 1. The molecule has 166 valence electrons. The number of carbonyl (C=O) groups excluding carboxylic acids is 4. The van der Waals surface area contributed by atoms with Crippen LogP contribution >= 0.6 is 0 Å². The van der Waals surface area contributed by atoms with E-state index in [2.05, 4.69) is 5.32 Å². The van der Waals surface area contributed by atoms with Crippen LogP contribution < -0.4 is 10.2 Å². The SMILES string of the molecule is Cc1cccc(C)c1NC(=O)C(C)OC(=O)c1cccc(N2C(=O)c3ccccc3C2=O)c1. The minimum absolute atomic E-state index is 0.121. The van der Waals surface area contributed by atoms with E-state index in [4.69, 9.17) is 4.74 Å². The van der Waals surface area contributed by atoms with E-state index in [9.17, 15) is 19.2 Å². The number of aryl methyl sites for hydroxylation is 2. The second-order valence-corrected chi connectivity index (χ2v) is 7.85. The zero-order chi connectivity index (χ0) is 23.7. The summed E-state index contributed by atoms with van der Waals surface area (Å²) in [5, 5.41) is 2.80. The van der Waals surface area contributed by atoms with Gasteiger partial charge in [0.2, 0.25) is 0 Å². The highest BCUT2D eigenvalue weighted by atomic mass is 16.5. The molecule has 33 heavy (non-hydrogen) atoms. The van der Waals surface area contributed by atoms with Crippen molar-refractivity contribution in [3.05, 3.63) is 94.5 Å². The maximum Gasteiger partial charge on any atom is 0.338 e. The van der Waals surface area contributed by atoms with Gasteiger partial charge >= 0.3 is 5.97 Å². The van der Waals surface area contributed by atoms with Crippen molar-refractivity contribution < 1.29 is 23.9 Å². The Balaban J connectivity index is 1.49. The number of hydrogen-bond acceptors (Lipinski definition) is 5. The van der Waals surface area contributed by atoms with Crippen molar-refractivity contribution in [3.63, 3.8) is 0 Å². The molecule has 1 unspecified atom stereocenters. The lowest BCUT2D eigenvalue weighted by molar-refractivity contribution is -0.123. The molecule has 0 aromatic heterocycles. The topological polar surface area (TPSA) is 92.8 Å². The number of amides is 3. The Morgan fingerprint density at radius 2 is 1.42 bits per heavy atom. The fourth-order valence-corrected chi connectivity index (χ4v) is 3.71. The predicted molar refractivity (Wildman–Crippen MR) is 123 cm³/mol. The summed E-state index contributed by atoms with van der Waals surface area (Å²) in [4.78, 5) is 51.8. The van der Waals surface area contributed by atoms with E-state index in [0.717, 1.165) is 16.0 Å². The second kappa shape index (κ2) is 8.70. The number of esters is 1. The summed E-state index contributed by atoms with van der Waals surface area (Å²) in [6.45, 7) is 5.24. The monoisotopic (exact) mass is 442 g/mol. The lowest BCUT2D eigenvalue weighted by atomic mass is 10.1. The first-order valence-electron chi connectivity index (χ1n) is 10.4. The van der Waals surface area contributed by atoms with Gasteiger partial charge in [0.25, 0.3) is 17.7 Å². The average molecular weight is 442 g/mol. The molecule has 0 fully saturated rings. The number of rotatable bonds is 5. The summed E-state index contributed by atoms with van der Waals surface area (Å²) in [7, 11) is 0. The minimum Gasteiger partial charge on any atom is -0.449 e. The number of imide groups is 1. The molecular formula is C26H22N2O5. The second-order valence-electron chi connectivity index (χ2n) is 7.85. The zero-order valence-corrected chi connectivity index (χ0v) is 18.4. The summed E-state index contributed by atoms with van der Waals surface area (Å²) >= 11 is 0. The van der Waals surface area contributed by atoms with Crippen molar-refractivity contribution in [2.75, 3.05) is 10.2 Å². The molecule has 1 heterocycles. The molecule has 1 aliphatic heterocycles. The van der Waals surface area contributed by atoms with Crippen LogP contribution in [-0.2, 0) is 9.53 Å². The highest BCUT2D eigenvalue weighted by Crippen LogP contribution is 2.29. The minimum atomic E-state index is -1.06. The number of nitrogens with one attached hydrogen (secondary N) is 1. The third-order valence-electron chi connectivity index (χ3n) is 5.52. The fraction of sp³-hybridized carbons (Fsp3) is 0.154. The van der Waals surface area contributed by atoms with Gasteiger partial charge in [-0.15, -0.1) is 0 Å². The number of hydrogen-bond donors (Lipinski definition) is 1. The summed E-state index contributed by atoms with van der Waals surface area (Å²) < 4.78 is 5.34. The Morgan fingerprint density at radius 1 is 0.848 bits per heavy atom. The van der Waals surface area contributed by atoms with Gasteiger partial charge < -0.3 is 10.1 Å². The number of benzene rings is 3. The van der Waals surface area contributed by atoms with Gasteiger partial charge in [-0.2, -0.15) is 0 Å². The first-order chi connectivity index (χ1) is 15.8. The smallest absolute Gasteiger partial charge is 0.338 e. The van der Waals surface area contributed by atoms with Crippen molar-refractivity contribution in [2.24, 2.45) is 0 Å². The number of para-hydroxylation sites is 1. The van der Waals surface area contributed by atoms with Crippen LogP contribution in [0.5, 0.6) is 0 Å². The van der Waals surface area contributed by atoms with Gasteiger partial charge in [-0.3, -0.25) is 14.4 Å². The fourth-order valence-electron chi connectivity index (χ4n) is 3.71. The number of carbonyl (C=O) groups is 4. The van der Waals surface area contributed by atoms with Crippen molar-refractivity contribution in [1.29, 1.82) is 0 Å². The van der Waals surface area contributed by atoms with Crippen LogP contribution in [0.3, 0.4) is 0 Å². The van der Waals surface area contributed by atoms with Crippen LogP contribution in [-0.4, -0.2) is 29.8 Å². The molecule has 0 aliphatic carbocycles. The van der Waals surface area contributed by atoms with Gasteiger partial charge in [0, 0.05) is 5.69 Å². The first-order valence-corrected chi connectivity index (χ1v) is 10.4. The van der Waals surface area contributed by atoms with Crippen LogP contribution in [0.2, 0.25) is 0 Å². The van der Waals surface area contributed by atoms with E-state index < -0.39 is 29.8 Å². The van der Waals surface area contributed by atoms with Gasteiger partial charge in [-0.25, -0.2) is 9.69 Å². The predicted octanol–water partition coefficient (Wildman–Crippen LogP) is 4.29. The van der Waals surface area contributed by atoms with Gasteiger partial charge in [-0.05, 0) is 62.2 Å². The highest BCUT2D eigenvalue weighted by Gasteiger charge is 2.36. The van der Waals surface area contributed by atoms with E-state index in [1.807, 2.05) is 32.0 Å². The van der Waals surface area contributed by atoms with Crippen LogP contribution in [0.4, 0.5) is 11.4 Å². The molecule has 1 aliphatic rings. The molecule has 1 N–H and O–H groups in total. The molecule has 4 rings (SSSR count). The Hall–Kier alpha value is -4.26. The van der Waals surface area contributed by atoms with E-state index in [1.54, 1.807) is 36.4 Å². The van der Waals surface area contributed by atoms with Crippen LogP contribution in [0.25, 0.3) is 0 Å². The molecule has 0 saturated carbocycles. The molecule has 1 atom stereocenters. The maximum atomic E-state index is 12.7. The number of fused-ring (bicyclic) bond motifs is 1. The molecule has 0 radical (unpaired) electrons. The lowest BCUT2D eigenvalue weighted by Crippen LogP contribution is -2.31. The van der Waals surface area contributed by atoms with Gasteiger partial charge in [0.05, 0.1) is 22.4 Å². The van der Waals surface area contributed by atoms with E-state index in [-0.39, 0.29) is 11.3 Å². The molecule has 3 aromatic carbocycles. The molecule has 0 saturated heterocycles. The van der Waals surface area contributed by atoms with E-state index in [0.29, 0.717) is 16.8 Å². The first kappa shape index (κ1) is 22.0. The summed E-state index contributed by atoms with van der Waals surface area (Å²) in [5.74, 6) is -2.11.